The molecular formula is C32H38N2. The zero-order valence-electron chi connectivity index (χ0n) is 21.8. The molecular weight excluding hydrogens is 412 g/mol. The van der Waals surface area contributed by atoms with E-state index < -0.39 is 0 Å². The van der Waals surface area contributed by atoms with E-state index in [0.717, 1.165) is 12.2 Å². The van der Waals surface area contributed by atoms with Gasteiger partial charge >= 0.3 is 0 Å². The Balaban J connectivity index is 2.01. The number of hydrogen-bond donors (Lipinski definition) is 0. The molecule has 0 saturated heterocycles. The van der Waals surface area contributed by atoms with Crippen molar-refractivity contribution in [3.63, 3.8) is 0 Å². The number of aromatic nitrogens is 2. The van der Waals surface area contributed by atoms with Gasteiger partial charge in [0.1, 0.15) is 5.82 Å². The minimum Gasteiger partial charge on any atom is -0.299 e. The number of nitrogens with zero attached hydrogens (tertiary/aromatic N) is 2. The molecule has 0 aliphatic heterocycles. The summed E-state index contributed by atoms with van der Waals surface area (Å²) in [5.74, 6) is 1.86. The van der Waals surface area contributed by atoms with Gasteiger partial charge in [0, 0.05) is 18.0 Å². The fraction of sp³-hybridized carbons (Fsp3) is 0.344. The molecule has 176 valence electrons. The Morgan fingerprint density at radius 3 is 2.03 bits per heavy atom. The predicted molar refractivity (Wildman–Crippen MR) is 146 cm³/mol. The van der Waals surface area contributed by atoms with Crippen LogP contribution in [0.15, 0.2) is 79.1 Å². The Kier molecular flexibility index (Phi) is 6.79. The average molecular weight is 451 g/mol. The number of hydrogen-bond acceptors (Lipinski definition) is 1. The summed E-state index contributed by atoms with van der Waals surface area (Å²) in [6.45, 7) is 16.1. The van der Waals surface area contributed by atoms with Gasteiger partial charge in [0.05, 0.1) is 5.69 Å². The van der Waals surface area contributed by atoms with Gasteiger partial charge in [-0.2, -0.15) is 0 Å². The van der Waals surface area contributed by atoms with Gasteiger partial charge in [-0.1, -0.05) is 109 Å². The first kappa shape index (κ1) is 24.0. The van der Waals surface area contributed by atoms with E-state index in [9.17, 15) is 0 Å². The molecule has 0 bridgehead atoms. The Morgan fingerprint density at radius 1 is 0.794 bits per heavy atom. The van der Waals surface area contributed by atoms with Crippen molar-refractivity contribution in [1.29, 1.82) is 0 Å². The van der Waals surface area contributed by atoms with Gasteiger partial charge in [-0.05, 0) is 57.6 Å². The van der Waals surface area contributed by atoms with Crippen LogP contribution in [0.3, 0.4) is 0 Å². The van der Waals surface area contributed by atoms with Crippen LogP contribution in [0.25, 0.3) is 28.2 Å². The van der Waals surface area contributed by atoms with E-state index in [0.29, 0.717) is 11.8 Å². The van der Waals surface area contributed by atoms with E-state index >= 15 is 0 Å². The quantitative estimate of drug-likeness (QED) is 0.274. The van der Waals surface area contributed by atoms with E-state index in [1.807, 2.05) is 6.20 Å². The number of imidazole rings is 1. The third kappa shape index (κ3) is 4.46. The molecule has 1 heterocycles. The van der Waals surface area contributed by atoms with Crippen molar-refractivity contribution in [3.8, 4) is 28.2 Å². The molecule has 4 rings (SSSR count). The van der Waals surface area contributed by atoms with Crippen LogP contribution in [0, 0.1) is 0 Å². The van der Waals surface area contributed by atoms with E-state index in [2.05, 4.69) is 126 Å². The van der Waals surface area contributed by atoms with Crippen LogP contribution in [-0.4, -0.2) is 9.55 Å². The van der Waals surface area contributed by atoms with Crippen molar-refractivity contribution in [2.75, 3.05) is 0 Å². The van der Waals surface area contributed by atoms with Crippen molar-refractivity contribution in [1.82, 2.24) is 9.55 Å². The molecule has 34 heavy (non-hydrogen) atoms. The lowest BCUT2D eigenvalue weighted by atomic mass is 9.78. The maximum Gasteiger partial charge on any atom is 0.144 e. The molecule has 2 heteroatoms. The lowest BCUT2D eigenvalue weighted by molar-refractivity contribution is 0.507. The molecule has 3 aromatic carbocycles. The largest absolute Gasteiger partial charge is 0.299 e. The first-order valence-electron chi connectivity index (χ1n) is 12.6. The van der Waals surface area contributed by atoms with Crippen molar-refractivity contribution in [3.05, 3.63) is 95.8 Å². The smallest absolute Gasteiger partial charge is 0.144 e. The fourth-order valence-electron chi connectivity index (χ4n) is 4.79. The molecule has 0 saturated carbocycles. The predicted octanol–water partition coefficient (Wildman–Crippen LogP) is 9.14. The van der Waals surface area contributed by atoms with E-state index in [4.69, 9.17) is 4.98 Å². The van der Waals surface area contributed by atoms with Gasteiger partial charge in [-0.15, -0.1) is 0 Å². The highest BCUT2D eigenvalue weighted by Gasteiger charge is 2.26. The molecule has 0 aliphatic carbocycles. The minimum atomic E-state index is 0.0414. The molecule has 0 aliphatic rings. The maximum atomic E-state index is 4.97. The second-order valence-electron chi connectivity index (χ2n) is 10.6. The number of para-hydroxylation sites is 1. The summed E-state index contributed by atoms with van der Waals surface area (Å²) in [5, 5.41) is 0. The molecule has 0 spiro atoms. The zero-order chi connectivity index (χ0) is 24.5. The highest BCUT2D eigenvalue weighted by Crippen LogP contribution is 2.40. The van der Waals surface area contributed by atoms with Crippen LogP contribution in [0.4, 0.5) is 0 Å². The molecule has 4 aromatic rings. The molecule has 0 N–H and O–H groups in total. The standard InChI is InChI=1S/C32H38N2/c1-8-32(6,7)29-18-17-25(24-13-10-9-11-14-24)21-28(29)31-33-19-20-34(31)30-26(22(2)3)15-12-16-27(30)23(4)5/h9-23H,8H2,1-7H3. The third-order valence-corrected chi connectivity index (χ3v) is 7.20. The highest BCUT2D eigenvalue weighted by atomic mass is 15.1. The van der Waals surface area contributed by atoms with Crippen LogP contribution in [-0.2, 0) is 5.41 Å². The summed E-state index contributed by atoms with van der Waals surface area (Å²) >= 11 is 0. The number of benzene rings is 3. The van der Waals surface area contributed by atoms with Crippen molar-refractivity contribution >= 4 is 0 Å². The van der Waals surface area contributed by atoms with Gasteiger partial charge in [-0.3, -0.25) is 4.57 Å². The van der Waals surface area contributed by atoms with E-state index in [1.165, 1.54) is 39.1 Å². The van der Waals surface area contributed by atoms with Gasteiger partial charge < -0.3 is 0 Å². The Hall–Kier alpha value is -3.13. The van der Waals surface area contributed by atoms with Crippen LogP contribution in [0.5, 0.6) is 0 Å². The van der Waals surface area contributed by atoms with Gasteiger partial charge in [0.25, 0.3) is 0 Å². The van der Waals surface area contributed by atoms with E-state index in [-0.39, 0.29) is 5.41 Å². The number of rotatable bonds is 7. The van der Waals surface area contributed by atoms with Crippen molar-refractivity contribution in [2.45, 2.75) is 72.1 Å². The minimum absolute atomic E-state index is 0.0414. The first-order valence-corrected chi connectivity index (χ1v) is 12.6. The van der Waals surface area contributed by atoms with Crippen LogP contribution >= 0.6 is 0 Å². The van der Waals surface area contributed by atoms with Crippen LogP contribution in [0.2, 0.25) is 0 Å². The summed E-state index contributed by atoms with van der Waals surface area (Å²) in [6.07, 6.45) is 5.15. The molecule has 0 amide bonds. The summed E-state index contributed by atoms with van der Waals surface area (Å²) < 4.78 is 2.34. The normalized spacial score (nSPS) is 12.0. The Bertz CT molecular complexity index is 1230. The third-order valence-electron chi connectivity index (χ3n) is 7.20. The second-order valence-corrected chi connectivity index (χ2v) is 10.6. The average Bonchev–Trinajstić information content (AvgIpc) is 3.33. The molecule has 0 atom stereocenters. The van der Waals surface area contributed by atoms with Gasteiger partial charge in [0.15, 0.2) is 0 Å². The summed E-state index contributed by atoms with van der Waals surface area (Å²) in [4.78, 5) is 4.97. The molecule has 0 unspecified atom stereocenters. The molecule has 2 nitrogen and oxygen atoms in total. The fourth-order valence-corrected chi connectivity index (χ4v) is 4.79. The van der Waals surface area contributed by atoms with Gasteiger partial charge in [-0.25, -0.2) is 4.98 Å². The maximum absolute atomic E-state index is 4.97. The molecule has 0 radical (unpaired) electrons. The first-order chi connectivity index (χ1) is 16.2. The Morgan fingerprint density at radius 2 is 1.44 bits per heavy atom. The zero-order valence-corrected chi connectivity index (χ0v) is 21.8. The van der Waals surface area contributed by atoms with Crippen molar-refractivity contribution < 1.29 is 0 Å². The second kappa shape index (κ2) is 9.62. The van der Waals surface area contributed by atoms with Crippen LogP contribution in [0.1, 0.15) is 83.4 Å². The SMILES string of the molecule is CCC(C)(C)c1ccc(-c2ccccc2)cc1-c1nccn1-c1c(C(C)C)cccc1C(C)C. The van der Waals surface area contributed by atoms with Crippen molar-refractivity contribution in [2.24, 2.45) is 0 Å². The molecule has 0 fully saturated rings. The molecule has 1 aromatic heterocycles. The van der Waals surface area contributed by atoms with E-state index in [1.54, 1.807) is 0 Å². The van der Waals surface area contributed by atoms with Gasteiger partial charge in [0.2, 0.25) is 0 Å². The topological polar surface area (TPSA) is 17.8 Å². The van der Waals surface area contributed by atoms with Crippen LogP contribution < -0.4 is 0 Å². The lowest BCUT2D eigenvalue weighted by Gasteiger charge is -2.28. The lowest BCUT2D eigenvalue weighted by Crippen LogP contribution is -2.18. The summed E-state index contributed by atoms with van der Waals surface area (Å²) in [7, 11) is 0. The monoisotopic (exact) mass is 450 g/mol. The summed E-state index contributed by atoms with van der Waals surface area (Å²) in [6, 6.07) is 24.3. The summed E-state index contributed by atoms with van der Waals surface area (Å²) in [5.41, 5.74) is 9.06. The highest BCUT2D eigenvalue weighted by molar-refractivity contribution is 5.75. The Labute approximate surface area is 205 Å².